The predicted molar refractivity (Wildman–Crippen MR) is 96.9 cm³/mol. The normalized spacial score (nSPS) is 13.3. The van der Waals surface area contributed by atoms with Gasteiger partial charge in [0.2, 0.25) is 0 Å². The minimum atomic E-state index is -0.695. The fraction of sp³-hybridized carbons (Fsp3) is 0.368. The van der Waals surface area contributed by atoms with Crippen molar-refractivity contribution in [2.24, 2.45) is 5.73 Å². The van der Waals surface area contributed by atoms with E-state index in [9.17, 15) is 10.2 Å². The maximum atomic E-state index is 10.3. The van der Waals surface area contributed by atoms with Gasteiger partial charge in [-0.15, -0.1) is 0 Å². The van der Waals surface area contributed by atoms with Crippen LogP contribution >= 0.6 is 0 Å². The standard InChI is InChI=1S/C19H26N2O4/c1-13(12-25-19-6-4-3-5-18(19)24-2)21-11-17(23)14-7-8-16(22)15(9-14)10-20/h3-9,13,17,21-23H,10-12,20H2,1-2H3. The molecule has 2 atom stereocenters. The first kappa shape index (κ1) is 19.1. The number of benzene rings is 2. The average molecular weight is 346 g/mol. The molecule has 0 amide bonds. The predicted octanol–water partition coefficient (Wildman–Crippen LogP) is 1.95. The van der Waals surface area contributed by atoms with Gasteiger partial charge in [0.1, 0.15) is 12.4 Å². The molecule has 0 saturated carbocycles. The minimum absolute atomic E-state index is 0.0330. The number of nitrogens with one attached hydrogen (secondary N) is 1. The van der Waals surface area contributed by atoms with Crippen molar-refractivity contribution < 1.29 is 19.7 Å². The number of aromatic hydroxyl groups is 1. The van der Waals surface area contributed by atoms with E-state index in [2.05, 4.69) is 5.32 Å². The van der Waals surface area contributed by atoms with Crippen LogP contribution in [0.5, 0.6) is 17.2 Å². The number of rotatable bonds is 9. The maximum Gasteiger partial charge on any atom is 0.161 e. The third kappa shape index (κ3) is 5.35. The van der Waals surface area contributed by atoms with Crippen molar-refractivity contribution in [3.63, 3.8) is 0 Å². The van der Waals surface area contributed by atoms with Crippen molar-refractivity contribution in [3.8, 4) is 17.2 Å². The van der Waals surface area contributed by atoms with Gasteiger partial charge in [-0.3, -0.25) is 0 Å². The molecule has 0 radical (unpaired) electrons. The summed E-state index contributed by atoms with van der Waals surface area (Å²) in [6.45, 7) is 3.01. The monoisotopic (exact) mass is 346 g/mol. The van der Waals surface area contributed by atoms with Crippen LogP contribution in [-0.2, 0) is 6.54 Å². The number of nitrogens with two attached hydrogens (primary N) is 1. The fourth-order valence-electron chi connectivity index (χ4n) is 2.42. The van der Waals surface area contributed by atoms with Gasteiger partial charge in [0, 0.05) is 24.7 Å². The summed E-state index contributed by atoms with van der Waals surface area (Å²) in [6, 6.07) is 12.5. The molecule has 5 N–H and O–H groups in total. The van der Waals surface area contributed by atoms with E-state index in [-0.39, 0.29) is 18.3 Å². The molecule has 0 fully saturated rings. The quantitative estimate of drug-likeness (QED) is 0.554. The van der Waals surface area contributed by atoms with E-state index < -0.39 is 6.10 Å². The Morgan fingerprint density at radius 2 is 1.88 bits per heavy atom. The molecular weight excluding hydrogens is 320 g/mol. The van der Waals surface area contributed by atoms with Gasteiger partial charge >= 0.3 is 0 Å². The fourth-order valence-corrected chi connectivity index (χ4v) is 2.42. The highest BCUT2D eigenvalue weighted by Gasteiger charge is 2.12. The second-order valence-electron chi connectivity index (χ2n) is 5.88. The number of methoxy groups -OCH3 is 1. The van der Waals surface area contributed by atoms with E-state index in [0.29, 0.717) is 35.8 Å². The molecule has 0 aliphatic heterocycles. The van der Waals surface area contributed by atoms with Crippen LogP contribution in [0.3, 0.4) is 0 Å². The van der Waals surface area contributed by atoms with E-state index in [0.717, 1.165) is 0 Å². The van der Waals surface area contributed by atoms with E-state index in [1.807, 2.05) is 31.2 Å². The van der Waals surface area contributed by atoms with Gasteiger partial charge in [-0.05, 0) is 36.8 Å². The zero-order chi connectivity index (χ0) is 18.2. The van der Waals surface area contributed by atoms with Crippen molar-refractivity contribution in [1.82, 2.24) is 5.32 Å². The molecule has 0 heterocycles. The highest BCUT2D eigenvalue weighted by molar-refractivity contribution is 5.39. The third-order valence-electron chi connectivity index (χ3n) is 3.93. The highest BCUT2D eigenvalue weighted by atomic mass is 16.5. The Morgan fingerprint density at radius 3 is 2.56 bits per heavy atom. The maximum absolute atomic E-state index is 10.3. The van der Waals surface area contributed by atoms with Crippen molar-refractivity contribution in [3.05, 3.63) is 53.6 Å². The van der Waals surface area contributed by atoms with Crippen molar-refractivity contribution in [2.45, 2.75) is 25.6 Å². The smallest absolute Gasteiger partial charge is 0.161 e. The lowest BCUT2D eigenvalue weighted by atomic mass is 10.0. The summed E-state index contributed by atoms with van der Waals surface area (Å²) in [5, 5.41) is 23.2. The molecule has 0 aliphatic rings. The van der Waals surface area contributed by atoms with Crippen LogP contribution in [-0.4, -0.2) is 36.5 Å². The first-order chi connectivity index (χ1) is 12.0. The molecule has 25 heavy (non-hydrogen) atoms. The second kappa shape index (κ2) is 9.27. The summed E-state index contributed by atoms with van der Waals surface area (Å²) < 4.78 is 11.0. The molecule has 2 aromatic carbocycles. The van der Waals surface area contributed by atoms with Crippen LogP contribution in [0.2, 0.25) is 0 Å². The Kier molecular flexibility index (Phi) is 7.06. The van der Waals surface area contributed by atoms with Crippen molar-refractivity contribution >= 4 is 0 Å². The van der Waals surface area contributed by atoms with Gasteiger partial charge < -0.3 is 30.7 Å². The summed E-state index contributed by atoms with van der Waals surface area (Å²) in [5.74, 6) is 1.52. The summed E-state index contributed by atoms with van der Waals surface area (Å²) in [4.78, 5) is 0. The van der Waals surface area contributed by atoms with Gasteiger partial charge in [0.15, 0.2) is 11.5 Å². The Balaban J connectivity index is 1.84. The summed E-state index contributed by atoms with van der Waals surface area (Å²) in [5.41, 5.74) is 6.90. The number of phenolic OH excluding ortho intramolecular Hbond substituents is 1. The molecule has 0 aromatic heterocycles. The summed E-state index contributed by atoms with van der Waals surface area (Å²) in [6.07, 6.45) is -0.695. The lowest BCUT2D eigenvalue weighted by Crippen LogP contribution is -2.35. The SMILES string of the molecule is COc1ccccc1OCC(C)NCC(O)c1ccc(O)c(CN)c1. The Bertz CT molecular complexity index is 678. The molecule has 0 saturated heterocycles. The van der Waals surface area contributed by atoms with Gasteiger partial charge in [-0.1, -0.05) is 18.2 Å². The molecule has 2 aromatic rings. The molecular formula is C19H26N2O4. The van der Waals surface area contributed by atoms with Crippen LogP contribution < -0.4 is 20.5 Å². The lowest BCUT2D eigenvalue weighted by molar-refractivity contribution is 0.163. The van der Waals surface area contributed by atoms with E-state index in [1.54, 1.807) is 25.3 Å². The number of aliphatic hydroxyl groups excluding tert-OH is 1. The number of phenols is 1. The molecule has 2 unspecified atom stereocenters. The Morgan fingerprint density at radius 1 is 1.16 bits per heavy atom. The van der Waals surface area contributed by atoms with Gasteiger partial charge in [-0.2, -0.15) is 0 Å². The molecule has 0 bridgehead atoms. The number of ether oxygens (including phenoxy) is 2. The first-order valence-corrected chi connectivity index (χ1v) is 8.24. The van der Waals surface area contributed by atoms with E-state index >= 15 is 0 Å². The van der Waals surface area contributed by atoms with Crippen LogP contribution in [0.15, 0.2) is 42.5 Å². The number of hydrogen-bond donors (Lipinski definition) is 4. The summed E-state index contributed by atoms with van der Waals surface area (Å²) in [7, 11) is 1.60. The highest BCUT2D eigenvalue weighted by Crippen LogP contribution is 2.26. The minimum Gasteiger partial charge on any atom is -0.508 e. The van der Waals surface area contributed by atoms with E-state index in [1.165, 1.54) is 0 Å². The first-order valence-electron chi connectivity index (χ1n) is 8.24. The number of aliphatic hydroxyl groups is 1. The van der Waals surface area contributed by atoms with Crippen molar-refractivity contribution in [2.75, 3.05) is 20.3 Å². The molecule has 6 nitrogen and oxygen atoms in total. The second-order valence-corrected chi connectivity index (χ2v) is 5.88. The van der Waals surface area contributed by atoms with Crippen LogP contribution in [0.4, 0.5) is 0 Å². The molecule has 0 aliphatic carbocycles. The lowest BCUT2D eigenvalue weighted by Gasteiger charge is -2.19. The molecule has 6 heteroatoms. The number of para-hydroxylation sites is 2. The molecule has 136 valence electrons. The van der Waals surface area contributed by atoms with Gasteiger partial charge in [-0.25, -0.2) is 0 Å². The van der Waals surface area contributed by atoms with E-state index in [4.69, 9.17) is 15.2 Å². The summed E-state index contributed by atoms with van der Waals surface area (Å²) >= 11 is 0. The van der Waals surface area contributed by atoms with Gasteiger partial charge in [0.05, 0.1) is 13.2 Å². The molecule has 2 rings (SSSR count). The van der Waals surface area contributed by atoms with Crippen molar-refractivity contribution in [1.29, 1.82) is 0 Å². The van der Waals surface area contributed by atoms with Crippen LogP contribution in [0.1, 0.15) is 24.2 Å². The van der Waals surface area contributed by atoms with Crippen LogP contribution in [0.25, 0.3) is 0 Å². The zero-order valence-corrected chi connectivity index (χ0v) is 14.6. The van der Waals surface area contributed by atoms with Crippen LogP contribution in [0, 0.1) is 0 Å². The topological polar surface area (TPSA) is 97.0 Å². The largest absolute Gasteiger partial charge is 0.508 e. The van der Waals surface area contributed by atoms with Gasteiger partial charge in [0.25, 0.3) is 0 Å². The zero-order valence-electron chi connectivity index (χ0n) is 14.6. The molecule has 0 spiro atoms. The number of hydrogen-bond acceptors (Lipinski definition) is 6. The Hall–Kier alpha value is -2.28. The average Bonchev–Trinajstić information content (AvgIpc) is 2.64. The Labute approximate surface area is 148 Å². The third-order valence-corrected chi connectivity index (χ3v) is 3.93.